The van der Waals surface area contributed by atoms with E-state index in [0.29, 0.717) is 34.5 Å². The molecule has 0 aliphatic carbocycles. The molecule has 1 N–H and O–H groups in total. The molecule has 4 aromatic rings. The first-order valence-corrected chi connectivity index (χ1v) is 10.1. The molecule has 0 saturated heterocycles. The highest BCUT2D eigenvalue weighted by atomic mass is 35.5. The second kappa shape index (κ2) is 9.45. The molecule has 1 atom stereocenters. The molecule has 7 heteroatoms. The number of hydrogen-bond donors (Lipinski definition) is 1. The molecular formula is C24H20ClN3O3. The lowest BCUT2D eigenvalue weighted by molar-refractivity contribution is 0.0928. The Kier molecular flexibility index (Phi) is 6.29. The Morgan fingerprint density at radius 1 is 1.03 bits per heavy atom. The average molecular weight is 434 g/mol. The van der Waals surface area contributed by atoms with E-state index < -0.39 is 6.04 Å². The Morgan fingerprint density at radius 3 is 2.42 bits per heavy atom. The van der Waals surface area contributed by atoms with Crippen LogP contribution in [0.3, 0.4) is 0 Å². The molecule has 31 heavy (non-hydrogen) atoms. The fraction of sp³-hybridized carbons (Fsp3) is 0.125. The number of rotatable bonds is 7. The van der Waals surface area contributed by atoms with Crippen LogP contribution in [0.5, 0.6) is 5.75 Å². The van der Waals surface area contributed by atoms with Gasteiger partial charge in [0.2, 0.25) is 11.7 Å². The standard InChI is InChI=1S/C24H20ClN3O3/c1-30-20-13-9-18(10-14-20)23(29)26-21(15-16-5-3-2-4-6-16)24-27-22(28-31-24)17-7-11-19(25)12-8-17/h2-14,21H,15H2,1H3,(H,26,29)/t21-/m0/s1. The molecule has 4 rings (SSSR count). The van der Waals surface area contributed by atoms with Crippen molar-refractivity contribution in [3.8, 4) is 17.1 Å². The molecule has 0 aliphatic heterocycles. The summed E-state index contributed by atoms with van der Waals surface area (Å²) in [6.07, 6.45) is 0.505. The minimum absolute atomic E-state index is 0.241. The minimum atomic E-state index is -0.495. The summed E-state index contributed by atoms with van der Waals surface area (Å²) >= 11 is 5.96. The molecule has 0 bridgehead atoms. The van der Waals surface area contributed by atoms with Gasteiger partial charge in [0.25, 0.3) is 5.91 Å². The van der Waals surface area contributed by atoms with E-state index in [1.54, 1.807) is 43.5 Å². The summed E-state index contributed by atoms with van der Waals surface area (Å²) in [6, 6.07) is 23.4. The first kappa shape index (κ1) is 20.6. The van der Waals surface area contributed by atoms with Gasteiger partial charge in [-0.05, 0) is 54.1 Å². The molecule has 3 aromatic carbocycles. The number of nitrogens with zero attached hydrogens (tertiary/aromatic N) is 2. The number of ether oxygens (including phenoxy) is 1. The summed E-state index contributed by atoms with van der Waals surface area (Å²) < 4.78 is 10.7. The van der Waals surface area contributed by atoms with E-state index in [1.165, 1.54) is 0 Å². The third kappa shape index (κ3) is 5.10. The molecule has 6 nitrogen and oxygen atoms in total. The predicted molar refractivity (Wildman–Crippen MR) is 118 cm³/mol. The quantitative estimate of drug-likeness (QED) is 0.438. The summed E-state index contributed by atoms with van der Waals surface area (Å²) in [5, 5.41) is 7.72. The number of benzene rings is 3. The number of methoxy groups -OCH3 is 1. The Labute approximate surface area is 184 Å². The van der Waals surface area contributed by atoms with E-state index in [1.807, 2.05) is 42.5 Å². The van der Waals surface area contributed by atoms with Gasteiger partial charge < -0.3 is 14.6 Å². The van der Waals surface area contributed by atoms with Gasteiger partial charge in [0.1, 0.15) is 11.8 Å². The SMILES string of the molecule is COc1ccc(C(=O)N[C@@H](Cc2ccccc2)c2nc(-c3ccc(Cl)cc3)no2)cc1. The van der Waals surface area contributed by atoms with Gasteiger partial charge in [-0.1, -0.05) is 47.1 Å². The highest BCUT2D eigenvalue weighted by Gasteiger charge is 2.23. The number of carbonyl (C=O) groups is 1. The summed E-state index contributed by atoms with van der Waals surface area (Å²) in [6.45, 7) is 0. The van der Waals surface area contributed by atoms with E-state index in [-0.39, 0.29) is 5.91 Å². The van der Waals surface area contributed by atoms with Crippen LogP contribution < -0.4 is 10.1 Å². The normalized spacial score (nSPS) is 11.7. The molecule has 1 amide bonds. The van der Waals surface area contributed by atoms with Crippen molar-refractivity contribution in [3.05, 3.63) is 101 Å². The van der Waals surface area contributed by atoms with Gasteiger partial charge in [0.15, 0.2) is 0 Å². The zero-order valence-corrected chi connectivity index (χ0v) is 17.5. The van der Waals surface area contributed by atoms with Gasteiger partial charge in [0.05, 0.1) is 7.11 Å². The third-order valence-electron chi connectivity index (χ3n) is 4.78. The van der Waals surface area contributed by atoms with E-state index in [9.17, 15) is 4.79 Å². The average Bonchev–Trinajstić information content (AvgIpc) is 3.30. The summed E-state index contributed by atoms with van der Waals surface area (Å²) in [5.41, 5.74) is 2.32. The number of nitrogens with one attached hydrogen (secondary N) is 1. The van der Waals surface area contributed by atoms with Crippen LogP contribution in [-0.2, 0) is 6.42 Å². The second-order valence-corrected chi connectivity index (χ2v) is 7.34. The largest absolute Gasteiger partial charge is 0.497 e. The fourth-order valence-corrected chi connectivity index (χ4v) is 3.25. The van der Waals surface area contributed by atoms with Crippen molar-refractivity contribution in [2.45, 2.75) is 12.5 Å². The fourth-order valence-electron chi connectivity index (χ4n) is 3.13. The lowest BCUT2D eigenvalue weighted by atomic mass is 10.1. The van der Waals surface area contributed by atoms with Crippen LogP contribution in [0.4, 0.5) is 0 Å². The van der Waals surface area contributed by atoms with Crippen molar-refractivity contribution in [2.75, 3.05) is 7.11 Å². The van der Waals surface area contributed by atoms with Gasteiger partial charge in [-0.15, -0.1) is 0 Å². The monoisotopic (exact) mass is 433 g/mol. The molecular weight excluding hydrogens is 414 g/mol. The molecule has 0 aliphatic rings. The number of halogens is 1. The topological polar surface area (TPSA) is 77.2 Å². The van der Waals surface area contributed by atoms with Crippen molar-refractivity contribution in [1.29, 1.82) is 0 Å². The van der Waals surface area contributed by atoms with Crippen molar-refractivity contribution in [2.24, 2.45) is 0 Å². The Morgan fingerprint density at radius 2 is 1.74 bits per heavy atom. The maximum absolute atomic E-state index is 12.9. The van der Waals surface area contributed by atoms with E-state index in [2.05, 4.69) is 15.5 Å². The molecule has 0 radical (unpaired) electrons. The lowest BCUT2D eigenvalue weighted by Gasteiger charge is -2.15. The van der Waals surface area contributed by atoms with Crippen LogP contribution in [0.1, 0.15) is 27.9 Å². The smallest absolute Gasteiger partial charge is 0.251 e. The van der Waals surface area contributed by atoms with Gasteiger partial charge in [0, 0.05) is 22.6 Å². The first-order valence-electron chi connectivity index (χ1n) is 9.71. The number of amides is 1. The lowest BCUT2D eigenvalue weighted by Crippen LogP contribution is -2.30. The van der Waals surface area contributed by atoms with Gasteiger partial charge in [-0.25, -0.2) is 0 Å². The first-order chi connectivity index (χ1) is 15.1. The molecule has 0 fully saturated rings. The van der Waals surface area contributed by atoms with Crippen LogP contribution >= 0.6 is 11.6 Å². The second-order valence-electron chi connectivity index (χ2n) is 6.91. The minimum Gasteiger partial charge on any atom is -0.497 e. The number of hydrogen-bond acceptors (Lipinski definition) is 5. The molecule has 156 valence electrons. The van der Waals surface area contributed by atoms with Gasteiger partial charge in [-0.3, -0.25) is 4.79 Å². The maximum Gasteiger partial charge on any atom is 0.251 e. The summed E-state index contributed by atoms with van der Waals surface area (Å²) in [7, 11) is 1.58. The Balaban J connectivity index is 1.59. The molecule has 1 heterocycles. The maximum atomic E-state index is 12.9. The van der Waals surface area contributed by atoms with Gasteiger partial charge in [-0.2, -0.15) is 4.98 Å². The molecule has 0 unspecified atom stereocenters. The van der Waals surface area contributed by atoms with E-state index >= 15 is 0 Å². The Hall–Kier alpha value is -3.64. The van der Waals surface area contributed by atoms with Crippen LogP contribution in [0, 0.1) is 0 Å². The van der Waals surface area contributed by atoms with Crippen molar-refractivity contribution in [3.63, 3.8) is 0 Å². The summed E-state index contributed by atoms with van der Waals surface area (Å²) in [5.74, 6) is 1.20. The van der Waals surface area contributed by atoms with Crippen molar-refractivity contribution < 1.29 is 14.1 Å². The number of aromatic nitrogens is 2. The van der Waals surface area contributed by atoms with E-state index in [4.69, 9.17) is 20.9 Å². The van der Waals surface area contributed by atoms with Crippen LogP contribution in [0.15, 0.2) is 83.4 Å². The van der Waals surface area contributed by atoms with Crippen LogP contribution in [0.2, 0.25) is 5.02 Å². The van der Waals surface area contributed by atoms with Crippen LogP contribution in [-0.4, -0.2) is 23.2 Å². The zero-order chi connectivity index (χ0) is 21.6. The van der Waals surface area contributed by atoms with Crippen LogP contribution in [0.25, 0.3) is 11.4 Å². The highest BCUT2D eigenvalue weighted by Crippen LogP contribution is 2.23. The Bertz CT molecular complexity index is 1140. The van der Waals surface area contributed by atoms with Crippen molar-refractivity contribution in [1.82, 2.24) is 15.5 Å². The van der Waals surface area contributed by atoms with Crippen molar-refractivity contribution >= 4 is 17.5 Å². The van der Waals surface area contributed by atoms with Gasteiger partial charge >= 0.3 is 0 Å². The molecule has 1 aromatic heterocycles. The predicted octanol–water partition coefficient (Wildman–Crippen LogP) is 5.11. The number of carbonyl (C=O) groups excluding carboxylic acids is 1. The molecule has 0 saturated carbocycles. The highest BCUT2D eigenvalue weighted by molar-refractivity contribution is 6.30. The zero-order valence-electron chi connectivity index (χ0n) is 16.8. The summed E-state index contributed by atoms with van der Waals surface area (Å²) in [4.78, 5) is 17.4. The molecule has 0 spiro atoms. The third-order valence-corrected chi connectivity index (χ3v) is 5.03. The van der Waals surface area contributed by atoms with E-state index in [0.717, 1.165) is 11.1 Å².